The molecule has 1 heterocycles. The van der Waals surface area contributed by atoms with E-state index in [1.807, 2.05) is 12.1 Å². The van der Waals surface area contributed by atoms with Crippen molar-refractivity contribution in [2.75, 3.05) is 14.2 Å². The molecular weight excluding hydrogens is 248 g/mol. The summed E-state index contributed by atoms with van der Waals surface area (Å²) in [6, 6.07) is 8.74. The number of nitrogens with zero attached hydrogens (tertiary/aromatic N) is 2. The highest BCUT2D eigenvalue weighted by molar-refractivity contribution is 5.85. The summed E-state index contributed by atoms with van der Waals surface area (Å²) in [5.74, 6) is -0.467. The van der Waals surface area contributed by atoms with Crippen molar-refractivity contribution in [2.45, 2.75) is 6.61 Å². The van der Waals surface area contributed by atoms with Gasteiger partial charge in [0.2, 0.25) is 0 Å². The van der Waals surface area contributed by atoms with Crippen molar-refractivity contribution in [1.82, 2.24) is 9.78 Å². The van der Waals surface area contributed by atoms with Crippen LogP contribution in [0.2, 0.25) is 0 Å². The van der Waals surface area contributed by atoms with Crippen molar-refractivity contribution in [3.63, 3.8) is 0 Å². The smallest absolute Gasteiger partial charge is 0.356 e. The molecule has 0 aliphatic carbocycles. The largest absolute Gasteiger partial charge is 0.494 e. The van der Waals surface area contributed by atoms with Crippen LogP contribution >= 0.6 is 0 Å². The Balaban J connectivity index is 2.56. The number of aromatic carboxylic acids is 1. The highest BCUT2D eigenvalue weighted by Gasteiger charge is 2.16. The predicted octanol–water partition coefficient (Wildman–Crippen LogP) is 1.73. The Morgan fingerprint density at radius 1 is 1.37 bits per heavy atom. The highest BCUT2D eigenvalue weighted by atomic mass is 16.5. The SMILES string of the molecule is COCc1cc(C(=O)O)nn1-c1ccccc1OC. The number of aromatic nitrogens is 2. The maximum Gasteiger partial charge on any atom is 0.356 e. The summed E-state index contributed by atoms with van der Waals surface area (Å²) in [7, 11) is 3.09. The van der Waals surface area contributed by atoms with E-state index in [2.05, 4.69) is 5.10 Å². The average Bonchev–Trinajstić information content (AvgIpc) is 2.83. The first-order valence-electron chi connectivity index (χ1n) is 5.62. The van der Waals surface area contributed by atoms with Crippen molar-refractivity contribution in [2.24, 2.45) is 0 Å². The summed E-state index contributed by atoms with van der Waals surface area (Å²) in [6.45, 7) is 0.262. The number of para-hydroxylation sites is 2. The number of hydrogen-bond donors (Lipinski definition) is 1. The fourth-order valence-electron chi connectivity index (χ4n) is 1.79. The monoisotopic (exact) mass is 262 g/mol. The van der Waals surface area contributed by atoms with Gasteiger partial charge in [-0.25, -0.2) is 9.48 Å². The van der Waals surface area contributed by atoms with Crippen molar-refractivity contribution >= 4 is 5.97 Å². The molecule has 0 unspecified atom stereocenters. The van der Waals surface area contributed by atoms with Crippen LogP contribution in [0.5, 0.6) is 5.75 Å². The van der Waals surface area contributed by atoms with Crippen LogP contribution in [0.15, 0.2) is 30.3 Å². The van der Waals surface area contributed by atoms with Gasteiger partial charge in [0.05, 0.1) is 19.4 Å². The van der Waals surface area contributed by atoms with Crippen LogP contribution in [-0.2, 0) is 11.3 Å². The third kappa shape index (κ3) is 2.58. The minimum Gasteiger partial charge on any atom is -0.494 e. The maximum absolute atomic E-state index is 11.0. The number of carboxylic acid groups (broad SMARTS) is 1. The van der Waals surface area contributed by atoms with E-state index in [0.29, 0.717) is 17.1 Å². The van der Waals surface area contributed by atoms with Crippen molar-refractivity contribution in [3.8, 4) is 11.4 Å². The van der Waals surface area contributed by atoms with Gasteiger partial charge in [0.25, 0.3) is 0 Å². The molecule has 1 N–H and O–H groups in total. The van der Waals surface area contributed by atoms with Gasteiger partial charge in [0, 0.05) is 7.11 Å². The molecule has 0 aliphatic rings. The molecule has 6 nitrogen and oxygen atoms in total. The lowest BCUT2D eigenvalue weighted by Crippen LogP contribution is -2.06. The van der Waals surface area contributed by atoms with Gasteiger partial charge in [-0.3, -0.25) is 0 Å². The molecule has 0 fully saturated rings. The molecule has 0 saturated heterocycles. The molecule has 1 aromatic heterocycles. The van der Waals surface area contributed by atoms with Gasteiger partial charge in [-0.2, -0.15) is 5.10 Å². The van der Waals surface area contributed by atoms with Crippen molar-refractivity contribution < 1.29 is 19.4 Å². The fraction of sp³-hybridized carbons (Fsp3) is 0.231. The van der Waals surface area contributed by atoms with Crippen LogP contribution in [-0.4, -0.2) is 35.1 Å². The number of carboxylic acids is 1. The lowest BCUT2D eigenvalue weighted by atomic mass is 10.3. The molecule has 100 valence electrons. The number of hydrogen-bond acceptors (Lipinski definition) is 4. The van der Waals surface area contributed by atoms with Crippen LogP contribution in [0, 0.1) is 0 Å². The molecule has 6 heteroatoms. The summed E-state index contributed by atoms with van der Waals surface area (Å²) in [5, 5.41) is 13.1. The molecular formula is C13H14N2O4. The number of methoxy groups -OCH3 is 2. The van der Waals surface area contributed by atoms with Crippen LogP contribution in [0.1, 0.15) is 16.2 Å². The van der Waals surface area contributed by atoms with Gasteiger partial charge < -0.3 is 14.6 Å². The Labute approximate surface area is 110 Å². The zero-order valence-corrected chi connectivity index (χ0v) is 10.7. The number of ether oxygens (including phenoxy) is 2. The summed E-state index contributed by atoms with van der Waals surface area (Å²) in [5.41, 5.74) is 1.28. The van der Waals surface area contributed by atoms with Gasteiger partial charge in [0.15, 0.2) is 5.69 Å². The summed E-state index contributed by atoms with van der Waals surface area (Å²) >= 11 is 0. The highest BCUT2D eigenvalue weighted by Crippen LogP contribution is 2.23. The van der Waals surface area contributed by atoms with Crippen LogP contribution in [0.4, 0.5) is 0 Å². The molecule has 19 heavy (non-hydrogen) atoms. The Morgan fingerprint density at radius 3 is 2.74 bits per heavy atom. The van der Waals surface area contributed by atoms with Crippen LogP contribution < -0.4 is 4.74 Å². The maximum atomic E-state index is 11.0. The molecule has 0 amide bonds. The van der Waals surface area contributed by atoms with E-state index in [1.54, 1.807) is 26.4 Å². The van der Waals surface area contributed by atoms with Crippen molar-refractivity contribution in [3.05, 3.63) is 41.7 Å². The van der Waals surface area contributed by atoms with E-state index in [1.165, 1.54) is 10.7 Å². The zero-order valence-electron chi connectivity index (χ0n) is 10.7. The second kappa shape index (κ2) is 5.53. The minimum atomic E-state index is -1.08. The summed E-state index contributed by atoms with van der Waals surface area (Å²) in [4.78, 5) is 11.0. The molecule has 0 aliphatic heterocycles. The zero-order chi connectivity index (χ0) is 13.8. The molecule has 0 radical (unpaired) electrons. The van der Waals surface area contributed by atoms with Gasteiger partial charge in [0.1, 0.15) is 11.4 Å². The standard InChI is InChI=1S/C13H14N2O4/c1-18-8-9-7-10(13(16)17)14-15(9)11-5-3-4-6-12(11)19-2/h3-7H,8H2,1-2H3,(H,16,17). The minimum absolute atomic E-state index is 0.0297. The van der Waals surface area contributed by atoms with E-state index in [0.717, 1.165) is 0 Å². The summed E-state index contributed by atoms with van der Waals surface area (Å²) < 4.78 is 11.8. The van der Waals surface area contributed by atoms with E-state index >= 15 is 0 Å². The lowest BCUT2D eigenvalue weighted by Gasteiger charge is -2.10. The number of rotatable bonds is 5. The molecule has 0 spiro atoms. The molecule has 0 atom stereocenters. The molecule has 0 bridgehead atoms. The number of benzene rings is 1. The second-order valence-electron chi connectivity index (χ2n) is 3.84. The first-order valence-corrected chi connectivity index (χ1v) is 5.62. The van der Waals surface area contributed by atoms with Gasteiger partial charge in [-0.05, 0) is 18.2 Å². The first-order chi connectivity index (χ1) is 9.17. The Kier molecular flexibility index (Phi) is 3.82. The van der Waals surface area contributed by atoms with Gasteiger partial charge in [-0.1, -0.05) is 12.1 Å². The van der Waals surface area contributed by atoms with Crippen molar-refractivity contribution in [1.29, 1.82) is 0 Å². The van der Waals surface area contributed by atoms with E-state index in [9.17, 15) is 4.79 Å². The van der Waals surface area contributed by atoms with E-state index in [4.69, 9.17) is 14.6 Å². The summed E-state index contributed by atoms with van der Waals surface area (Å²) in [6.07, 6.45) is 0. The van der Waals surface area contributed by atoms with Crippen LogP contribution in [0.25, 0.3) is 5.69 Å². The van der Waals surface area contributed by atoms with E-state index in [-0.39, 0.29) is 12.3 Å². The third-order valence-corrected chi connectivity index (χ3v) is 2.61. The second-order valence-corrected chi connectivity index (χ2v) is 3.84. The quantitative estimate of drug-likeness (QED) is 0.888. The van der Waals surface area contributed by atoms with Crippen LogP contribution in [0.3, 0.4) is 0 Å². The Morgan fingerprint density at radius 2 is 2.11 bits per heavy atom. The topological polar surface area (TPSA) is 73.6 Å². The normalized spacial score (nSPS) is 10.4. The first kappa shape index (κ1) is 13.1. The molecule has 2 aromatic rings. The predicted molar refractivity (Wildman–Crippen MR) is 67.8 cm³/mol. The van der Waals surface area contributed by atoms with Gasteiger partial charge >= 0.3 is 5.97 Å². The fourth-order valence-corrected chi connectivity index (χ4v) is 1.79. The Bertz CT molecular complexity index is 592. The third-order valence-electron chi connectivity index (χ3n) is 2.61. The molecule has 1 aromatic carbocycles. The molecule has 2 rings (SSSR count). The number of carbonyl (C=O) groups is 1. The average molecular weight is 262 g/mol. The van der Waals surface area contributed by atoms with Gasteiger partial charge in [-0.15, -0.1) is 0 Å². The lowest BCUT2D eigenvalue weighted by molar-refractivity contribution is 0.0690. The Hall–Kier alpha value is -2.34. The molecule has 0 saturated carbocycles. The van der Waals surface area contributed by atoms with E-state index < -0.39 is 5.97 Å².